The van der Waals surface area contributed by atoms with Gasteiger partial charge in [0.15, 0.2) is 0 Å². The average molecular weight is 328 g/mol. The molecule has 3 heterocycles. The molecule has 1 N–H and O–H groups in total. The summed E-state index contributed by atoms with van der Waals surface area (Å²) in [6, 6.07) is 0. The van der Waals surface area contributed by atoms with Gasteiger partial charge in [0.05, 0.1) is 12.7 Å². The number of aromatic amines is 1. The van der Waals surface area contributed by atoms with E-state index in [1.54, 1.807) is 0 Å². The third kappa shape index (κ3) is 3.54. The Morgan fingerprint density at radius 1 is 1.35 bits per heavy atom. The molecule has 0 bridgehead atoms. The molecule has 3 rings (SSSR count). The van der Waals surface area contributed by atoms with Gasteiger partial charge in [-0.3, -0.25) is 4.90 Å². The van der Waals surface area contributed by atoms with Crippen molar-refractivity contribution in [3.05, 3.63) is 29.9 Å². The summed E-state index contributed by atoms with van der Waals surface area (Å²) in [5.74, 6) is 1.28. The lowest BCUT2D eigenvalue weighted by atomic mass is 9.97. The van der Waals surface area contributed by atoms with E-state index in [2.05, 4.69) is 25.0 Å². The van der Waals surface area contributed by atoms with E-state index in [9.17, 15) is 13.2 Å². The fraction of sp³-hybridized carbons (Fsp3) is 0.643. The number of rotatable bonds is 4. The van der Waals surface area contributed by atoms with E-state index < -0.39 is 11.9 Å². The summed E-state index contributed by atoms with van der Waals surface area (Å²) in [5, 5.41) is 4.14. The zero-order chi connectivity index (χ0) is 16.4. The summed E-state index contributed by atoms with van der Waals surface area (Å²) in [4.78, 5) is 12.8. The number of halogens is 3. The van der Waals surface area contributed by atoms with Crippen LogP contribution in [-0.2, 0) is 19.3 Å². The number of aromatic nitrogens is 5. The van der Waals surface area contributed by atoms with Crippen LogP contribution in [0.3, 0.4) is 0 Å². The minimum atomic E-state index is -4.38. The van der Waals surface area contributed by atoms with Gasteiger partial charge in [0, 0.05) is 19.0 Å². The van der Waals surface area contributed by atoms with Crippen LogP contribution in [0.15, 0.2) is 12.5 Å². The molecular formula is C14H19F3N6. The van der Waals surface area contributed by atoms with Gasteiger partial charge in [-0.05, 0) is 26.3 Å². The van der Waals surface area contributed by atoms with Crippen LogP contribution >= 0.6 is 0 Å². The van der Waals surface area contributed by atoms with Gasteiger partial charge < -0.3 is 4.98 Å². The summed E-state index contributed by atoms with van der Waals surface area (Å²) < 4.78 is 39.9. The number of likely N-dealkylation sites (tertiary alicyclic amines) is 1. The van der Waals surface area contributed by atoms with Crippen LogP contribution in [0.25, 0.3) is 0 Å². The summed E-state index contributed by atoms with van der Waals surface area (Å²) in [6.07, 6.45) is -0.212. The van der Waals surface area contributed by atoms with E-state index in [1.807, 2.05) is 11.6 Å². The highest BCUT2D eigenvalue weighted by atomic mass is 19.4. The van der Waals surface area contributed by atoms with Crippen molar-refractivity contribution in [1.82, 2.24) is 29.6 Å². The molecule has 2 aromatic heterocycles. The quantitative estimate of drug-likeness (QED) is 0.936. The Labute approximate surface area is 131 Å². The van der Waals surface area contributed by atoms with E-state index in [0.717, 1.165) is 38.0 Å². The number of imidazole rings is 1. The van der Waals surface area contributed by atoms with E-state index in [0.29, 0.717) is 18.9 Å². The Hall–Kier alpha value is -1.90. The van der Waals surface area contributed by atoms with Crippen LogP contribution in [0.2, 0.25) is 0 Å². The molecule has 9 heteroatoms. The van der Waals surface area contributed by atoms with Crippen molar-refractivity contribution in [1.29, 1.82) is 0 Å². The second kappa shape index (κ2) is 6.31. The zero-order valence-electron chi connectivity index (χ0n) is 12.8. The van der Waals surface area contributed by atoms with E-state index in [-0.39, 0.29) is 5.92 Å². The summed E-state index contributed by atoms with van der Waals surface area (Å²) in [6.45, 7) is 4.97. The first-order valence-electron chi connectivity index (χ1n) is 7.68. The maximum atomic E-state index is 12.7. The van der Waals surface area contributed by atoms with Gasteiger partial charge in [-0.25, -0.2) is 14.6 Å². The standard InChI is InChI=1S/C14H19F3N6/c1-2-23-12(19-9-20-23)8-22-5-3-4-10(7-22)13-18-6-11(21-13)14(15,16)17/h6,9-10H,2-5,7-8H2,1H3,(H,18,21)/t10-/m1/s1. The molecule has 1 aliphatic heterocycles. The number of piperidine rings is 1. The van der Waals surface area contributed by atoms with Crippen molar-refractivity contribution in [2.24, 2.45) is 0 Å². The largest absolute Gasteiger partial charge is 0.432 e. The third-order valence-electron chi connectivity index (χ3n) is 4.15. The molecule has 1 saturated heterocycles. The predicted octanol–water partition coefficient (Wildman–Crippen LogP) is 2.42. The molecule has 0 unspecified atom stereocenters. The van der Waals surface area contributed by atoms with Crippen molar-refractivity contribution < 1.29 is 13.2 Å². The fourth-order valence-corrected chi connectivity index (χ4v) is 2.99. The van der Waals surface area contributed by atoms with Crippen molar-refractivity contribution in [2.75, 3.05) is 13.1 Å². The number of hydrogen-bond donors (Lipinski definition) is 1. The zero-order valence-corrected chi connectivity index (χ0v) is 12.8. The molecule has 1 aliphatic rings. The Bertz CT molecular complexity index is 647. The van der Waals surface area contributed by atoms with E-state index in [1.165, 1.54) is 6.33 Å². The molecule has 2 aromatic rings. The summed E-state index contributed by atoms with van der Waals surface area (Å²) >= 11 is 0. The summed E-state index contributed by atoms with van der Waals surface area (Å²) in [7, 11) is 0. The minimum absolute atomic E-state index is 0.0159. The Balaban J connectivity index is 1.67. The van der Waals surface area contributed by atoms with Crippen LogP contribution in [0, 0.1) is 0 Å². The lowest BCUT2D eigenvalue weighted by molar-refractivity contribution is -0.141. The normalized spacial score (nSPS) is 20.1. The molecule has 0 spiro atoms. The first kappa shape index (κ1) is 16.0. The van der Waals surface area contributed by atoms with Gasteiger partial charge in [0.2, 0.25) is 0 Å². The monoisotopic (exact) mass is 328 g/mol. The maximum Gasteiger partial charge on any atom is 0.432 e. The average Bonchev–Trinajstić information content (AvgIpc) is 3.16. The molecule has 0 radical (unpaired) electrons. The third-order valence-corrected chi connectivity index (χ3v) is 4.15. The van der Waals surface area contributed by atoms with E-state index in [4.69, 9.17) is 0 Å². The SMILES string of the molecule is CCn1ncnc1CN1CCC[C@@H](c2ncc(C(F)(F)F)[nH]2)C1. The molecular weight excluding hydrogens is 309 g/mol. The maximum absolute atomic E-state index is 12.7. The Kier molecular flexibility index (Phi) is 4.38. The highest BCUT2D eigenvalue weighted by Crippen LogP contribution is 2.31. The molecule has 23 heavy (non-hydrogen) atoms. The van der Waals surface area contributed by atoms with Crippen LogP contribution in [-0.4, -0.2) is 42.7 Å². The smallest absolute Gasteiger partial charge is 0.338 e. The van der Waals surface area contributed by atoms with Crippen molar-refractivity contribution in [3.63, 3.8) is 0 Å². The molecule has 0 aromatic carbocycles. The highest BCUT2D eigenvalue weighted by Gasteiger charge is 2.34. The Morgan fingerprint density at radius 3 is 2.87 bits per heavy atom. The molecule has 6 nitrogen and oxygen atoms in total. The van der Waals surface area contributed by atoms with Crippen LogP contribution in [0.1, 0.15) is 43.0 Å². The minimum Gasteiger partial charge on any atom is -0.338 e. The number of H-pyrrole nitrogens is 1. The number of alkyl halides is 3. The van der Waals surface area contributed by atoms with Gasteiger partial charge in [-0.15, -0.1) is 0 Å². The highest BCUT2D eigenvalue weighted by molar-refractivity contribution is 5.09. The number of nitrogens with zero attached hydrogens (tertiary/aromatic N) is 5. The van der Waals surface area contributed by atoms with Gasteiger partial charge >= 0.3 is 6.18 Å². The molecule has 1 atom stereocenters. The van der Waals surface area contributed by atoms with Gasteiger partial charge in [-0.1, -0.05) is 0 Å². The van der Waals surface area contributed by atoms with Crippen molar-refractivity contribution in [3.8, 4) is 0 Å². The van der Waals surface area contributed by atoms with Gasteiger partial charge in [0.1, 0.15) is 23.7 Å². The molecule has 0 saturated carbocycles. The van der Waals surface area contributed by atoms with Gasteiger partial charge in [-0.2, -0.15) is 18.3 Å². The van der Waals surface area contributed by atoms with Crippen molar-refractivity contribution >= 4 is 0 Å². The topological polar surface area (TPSA) is 62.6 Å². The Morgan fingerprint density at radius 2 is 2.17 bits per heavy atom. The molecule has 0 aliphatic carbocycles. The lowest BCUT2D eigenvalue weighted by Gasteiger charge is -2.31. The second-order valence-corrected chi connectivity index (χ2v) is 5.75. The van der Waals surface area contributed by atoms with Gasteiger partial charge in [0.25, 0.3) is 0 Å². The molecule has 126 valence electrons. The lowest BCUT2D eigenvalue weighted by Crippen LogP contribution is -2.35. The van der Waals surface area contributed by atoms with Crippen LogP contribution < -0.4 is 0 Å². The number of hydrogen-bond acceptors (Lipinski definition) is 4. The predicted molar refractivity (Wildman–Crippen MR) is 76.5 cm³/mol. The number of aryl methyl sites for hydroxylation is 1. The first-order chi connectivity index (χ1) is 11.0. The first-order valence-corrected chi connectivity index (χ1v) is 7.68. The number of nitrogens with one attached hydrogen (secondary N) is 1. The summed E-state index contributed by atoms with van der Waals surface area (Å²) in [5.41, 5.74) is -0.782. The van der Waals surface area contributed by atoms with Crippen LogP contribution in [0.5, 0.6) is 0 Å². The second-order valence-electron chi connectivity index (χ2n) is 5.75. The van der Waals surface area contributed by atoms with Crippen LogP contribution in [0.4, 0.5) is 13.2 Å². The molecule has 0 amide bonds. The van der Waals surface area contributed by atoms with E-state index >= 15 is 0 Å². The molecule has 1 fully saturated rings. The van der Waals surface area contributed by atoms with Crippen molar-refractivity contribution in [2.45, 2.75) is 44.9 Å². The fourth-order valence-electron chi connectivity index (χ4n) is 2.99.